The summed E-state index contributed by atoms with van der Waals surface area (Å²) >= 11 is 0. The molecule has 0 aliphatic heterocycles. The Kier molecular flexibility index (Phi) is 17.8. The fourth-order valence-electron chi connectivity index (χ4n) is 10.2. The van der Waals surface area contributed by atoms with Crippen molar-refractivity contribution in [1.82, 2.24) is 0 Å². The third kappa shape index (κ3) is 13.8. The summed E-state index contributed by atoms with van der Waals surface area (Å²) in [6, 6.07) is 40.2. The van der Waals surface area contributed by atoms with Gasteiger partial charge < -0.3 is 18.9 Å². The van der Waals surface area contributed by atoms with E-state index in [1.165, 1.54) is 82.2 Å². The van der Waals surface area contributed by atoms with Crippen LogP contribution in [0.5, 0.6) is 0 Å². The minimum absolute atomic E-state index is 0.0143. The summed E-state index contributed by atoms with van der Waals surface area (Å²) in [5.41, 5.74) is 2.83. The van der Waals surface area contributed by atoms with Gasteiger partial charge in [0.2, 0.25) is 0 Å². The Balaban J connectivity index is 0.700. The van der Waals surface area contributed by atoms with Gasteiger partial charge in [0.25, 0.3) is 0 Å². The Morgan fingerprint density at radius 3 is 1.36 bits per heavy atom. The molecule has 0 bridgehead atoms. The molecule has 0 heterocycles. The molecule has 0 amide bonds. The molecule has 0 aromatic heterocycles. The summed E-state index contributed by atoms with van der Waals surface area (Å²) < 4.78 is 34.8. The van der Waals surface area contributed by atoms with E-state index in [-0.39, 0.29) is 26.1 Å². The molecule has 1 unspecified atom stereocenters. The van der Waals surface area contributed by atoms with Crippen molar-refractivity contribution in [3.8, 4) is 0 Å². The fourth-order valence-corrected chi connectivity index (χ4v) is 11.0. The number of quaternary nitrogens is 1. The summed E-state index contributed by atoms with van der Waals surface area (Å²) in [4.78, 5) is 36.1. The van der Waals surface area contributed by atoms with Gasteiger partial charge >= 0.3 is 19.8 Å². The maximum absolute atomic E-state index is 13.0. The van der Waals surface area contributed by atoms with Crippen molar-refractivity contribution < 1.29 is 42.1 Å². The van der Waals surface area contributed by atoms with Crippen molar-refractivity contribution in [3.63, 3.8) is 0 Å². The van der Waals surface area contributed by atoms with Crippen LogP contribution >= 0.6 is 7.82 Å². The zero-order valence-corrected chi connectivity index (χ0v) is 42.6. The zero-order valence-electron chi connectivity index (χ0n) is 41.7. The van der Waals surface area contributed by atoms with Crippen LogP contribution in [0, 0.1) is 0 Å². The Labute approximate surface area is 414 Å². The first kappa shape index (κ1) is 51.2. The van der Waals surface area contributed by atoms with E-state index in [0.29, 0.717) is 23.9 Å². The maximum Gasteiger partial charge on any atom is 0.472 e. The Morgan fingerprint density at radius 2 is 0.886 bits per heavy atom. The number of aryl methyl sites for hydroxylation is 2. The molecular weight excluding hydrogens is 894 g/mol. The van der Waals surface area contributed by atoms with E-state index in [9.17, 15) is 19.0 Å². The monoisotopic (exact) mass is 967 g/mol. The van der Waals surface area contributed by atoms with Crippen molar-refractivity contribution in [1.29, 1.82) is 0 Å². The van der Waals surface area contributed by atoms with Crippen molar-refractivity contribution >= 4 is 84.4 Å². The highest BCUT2D eigenvalue weighted by Gasteiger charge is 2.27. The molecule has 8 rings (SSSR count). The standard InChI is InChI=1S/C60H72NO8P/c1-61(2,3)40-41-67-70(64,65)68-43-52(69-56(63)27-17-13-9-5-7-11-15-21-45-29-31-51-35-33-47-23-19-25-49-37-39-54(45)60(51)58(47)49)42-66-55(62)26-16-12-8-4-6-10-14-20-44-28-30-50-34-32-46-22-18-24-48-36-38-53(44)59(50)57(46)48/h18-19,22-25,28-39,52H,4-17,20-21,26-27,40-43H2,1-3H3/p+1/t52-/m1/s1. The number of esters is 2. The molecule has 0 saturated carbocycles. The van der Waals surface area contributed by atoms with Gasteiger partial charge in [-0.3, -0.25) is 18.6 Å². The Hall–Kier alpha value is -5.15. The number of phosphoric ester groups is 1. The van der Waals surface area contributed by atoms with Gasteiger partial charge in [-0.2, -0.15) is 0 Å². The molecule has 0 spiro atoms. The number of ether oxygens (including phenoxy) is 2. The number of nitrogens with zero attached hydrogens (tertiary/aromatic N) is 1. The summed E-state index contributed by atoms with van der Waals surface area (Å²) in [5.74, 6) is -0.843. The van der Waals surface area contributed by atoms with Crippen LogP contribution in [-0.4, -0.2) is 74.9 Å². The normalized spacial score (nSPS) is 13.6. The molecule has 0 aliphatic carbocycles. The predicted octanol–water partition coefficient (Wildman–Crippen LogP) is 14.8. The lowest BCUT2D eigenvalue weighted by Crippen LogP contribution is -2.37. The van der Waals surface area contributed by atoms with Crippen LogP contribution in [0.3, 0.4) is 0 Å². The average Bonchev–Trinajstić information content (AvgIpc) is 3.34. The molecule has 0 fully saturated rings. The molecule has 1 N–H and O–H groups in total. The molecule has 10 heteroatoms. The first-order valence-electron chi connectivity index (χ1n) is 26.0. The van der Waals surface area contributed by atoms with Crippen molar-refractivity contribution in [2.75, 3.05) is 47.5 Å². The van der Waals surface area contributed by atoms with Gasteiger partial charge in [0.05, 0.1) is 27.7 Å². The minimum atomic E-state index is -4.42. The largest absolute Gasteiger partial charge is 0.472 e. The molecule has 8 aromatic rings. The van der Waals surface area contributed by atoms with Gasteiger partial charge in [0.1, 0.15) is 19.8 Å². The number of rotatable bonds is 30. The van der Waals surface area contributed by atoms with Crippen LogP contribution in [-0.2, 0) is 45.5 Å². The zero-order chi connectivity index (χ0) is 48.9. The number of phosphoric acid groups is 1. The van der Waals surface area contributed by atoms with E-state index >= 15 is 0 Å². The first-order valence-corrected chi connectivity index (χ1v) is 27.5. The lowest BCUT2D eigenvalue weighted by molar-refractivity contribution is -0.870. The quantitative estimate of drug-likeness (QED) is 0.0156. The van der Waals surface area contributed by atoms with Gasteiger partial charge in [-0.1, -0.05) is 173 Å². The smallest absolute Gasteiger partial charge is 0.462 e. The topological polar surface area (TPSA) is 108 Å². The molecule has 70 heavy (non-hydrogen) atoms. The van der Waals surface area contributed by atoms with Crippen molar-refractivity contribution in [2.45, 2.75) is 122 Å². The molecule has 8 aromatic carbocycles. The predicted molar refractivity (Wildman–Crippen MR) is 287 cm³/mol. The number of carbonyl (C=O) groups excluding carboxylic acids is 2. The summed E-state index contributed by atoms with van der Waals surface area (Å²) in [5, 5.41) is 16.0. The number of hydrogen-bond acceptors (Lipinski definition) is 7. The van der Waals surface area contributed by atoms with Crippen LogP contribution in [0.2, 0.25) is 0 Å². The highest BCUT2D eigenvalue weighted by atomic mass is 31.2. The van der Waals surface area contributed by atoms with Gasteiger partial charge in [-0.05, 0) is 114 Å². The van der Waals surface area contributed by atoms with Crippen molar-refractivity contribution in [2.24, 2.45) is 0 Å². The van der Waals surface area contributed by atoms with Crippen LogP contribution in [0.4, 0.5) is 0 Å². The minimum Gasteiger partial charge on any atom is -0.462 e. The van der Waals surface area contributed by atoms with Gasteiger partial charge in [0, 0.05) is 12.8 Å². The van der Waals surface area contributed by atoms with E-state index in [1.54, 1.807) is 0 Å². The van der Waals surface area contributed by atoms with E-state index in [2.05, 4.69) is 109 Å². The SMILES string of the molecule is C[N+](C)(C)CCOP(=O)(O)OC[C@@H](COC(=O)CCCCCCCCCc1ccc2ccc3cccc4ccc1c2c34)OC(=O)CCCCCCCCCc1ccc2ccc3cccc4ccc1c2c34. The first-order chi connectivity index (χ1) is 33.9. The lowest BCUT2D eigenvalue weighted by atomic mass is 9.90. The average molecular weight is 967 g/mol. The van der Waals surface area contributed by atoms with Gasteiger partial charge in [0.15, 0.2) is 6.10 Å². The molecule has 370 valence electrons. The third-order valence-electron chi connectivity index (χ3n) is 14.1. The molecule has 9 nitrogen and oxygen atoms in total. The van der Waals surface area contributed by atoms with Crippen LogP contribution < -0.4 is 0 Å². The second-order valence-electron chi connectivity index (χ2n) is 20.5. The maximum atomic E-state index is 13.0. The molecular formula is C60H73NO8P+. The van der Waals surface area contributed by atoms with E-state index < -0.39 is 32.5 Å². The molecule has 0 saturated heterocycles. The van der Waals surface area contributed by atoms with Crippen LogP contribution in [0.25, 0.3) is 64.6 Å². The highest BCUT2D eigenvalue weighted by Crippen LogP contribution is 2.43. The van der Waals surface area contributed by atoms with E-state index in [0.717, 1.165) is 83.5 Å². The highest BCUT2D eigenvalue weighted by molar-refractivity contribution is 7.47. The van der Waals surface area contributed by atoms with Gasteiger partial charge in [-0.15, -0.1) is 0 Å². The lowest BCUT2D eigenvalue weighted by Gasteiger charge is -2.24. The second-order valence-corrected chi connectivity index (χ2v) is 22.0. The van der Waals surface area contributed by atoms with Gasteiger partial charge in [-0.25, -0.2) is 4.57 Å². The summed E-state index contributed by atoms with van der Waals surface area (Å²) in [6.45, 7) is -0.178. The van der Waals surface area contributed by atoms with Crippen molar-refractivity contribution in [3.05, 3.63) is 120 Å². The third-order valence-corrected chi connectivity index (χ3v) is 15.0. The summed E-state index contributed by atoms with van der Waals surface area (Å²) in [6.07, 6.45) is 15.9. The van der Waals surface area contributed by atoms with Crippen LogP contribution in [0.15, 0.2) is 109 Å². The number of unbranched alkanes of at least 4 members (excludes halogenated alkanes) is 12. The Morgan fingerprint density at radius 1 is 0.486 bits per heavy atom. The van der Waals surface area contributed by atoms with E-state index in [1.807, 2.05) is 21.1 Å². The fraction of sp³-hybridized carbons (Fsp3) is 0.433. The molecule has 2 atom stereocenters. The van der Waals surface area contributed by atoms with E-state index in [4.69, 9.17) is 18.5 Å². The number of carbonyl (C=O) groups is 2. The summed E-state index contributed by atoms with van der Waals surface area (Å²) in [7, 11) is 1.42. The van der Waals surface area contributed by atoms with Crippen LogP contribution in [0.1, 0.15) is 114 Å². The number of likely N-dealkylation sites (N-methyl/N-ethyl adjacent to an activating group) is 1. The molecule has 0 aliphatic rings. The second kappa shape index (κ2) is 24.3. The Bertz CT molecular complexity index is 2980. The number of benzene rings is 8. The number of hydrogen-bond donors (Lipinski definition) is 1. The molecule has 0 radical (unpaired) electrons.